The summed E-state index contributed by atoms with van der Waals surface area (Å²) in [4.78, 5) is 11.8. The second-order valence-corrected chi connectivity index (χ2v) is 7.42. The van der Waals surface area contributed by atoms with E-state index in [0.29, 0.717) is 5.78 Å². The Bertz CT molecular complexity index is 316. The average molecular weight is 349 g/mol. The van der Waals surface area contributed by atoms with Crippen LogP contribution in [-0.2, 0) is 4.79 Å². The van der Waals surface area contributed by atoms with Gasteiger partial charge in [-0.15, -0.1) is 6.58 Å². The second kappa shape index (κ2) is 21.2. The van der Waals surface area contributed by atoms with E-state index >= 15 is 0 Å². The van der Waals surface area contributed by atoms with E-state index in [1.165, 1.54) is 83.5 Å². The first-order valence-electron chi connectivity index (χ1n) is 11.1. The zero-order valence-electron chi connectivity index (χ0n) is 17.1. The number of carbonyl (C=O) groups is 1. The lowest BCUT2D eigenvalue weighted by atomic mass is 10.0. The normalized spacial score (nSPS) is 11.2. The quantitative estimate of drug-likeness (QED) is 0.159. The number of ketones is 1. The van der Waals surface area contributed by atoms with E-state index in [-0.39, 0.29) is 0 Å². The van der Waals surface area contributed by atoms with Gasteiger partial charge in [0.1, 0.15) is 5.78 Å². The summed E-state index contributed by atoms with van der Waals surface area (Å²) in [5.41, 5.74) is 0. The van der Waals surface area contributed by atoms with E-state index in [2.05, 4.69) is 25.7 Å². The van der Waals surface area contributed by atoms with Gasteiger partial charge in [0.25, 0.3) is 0 Å². The number of Topliss-reactive ketones (excluding diaryl/α,β-unsaturated/α-hetero) is 1. The molecule has 0 heterocycles. The molecule has 0 unspecified atom stereocenters. The van der Waals surface area contributed by atoms with E-state index in [4.69, 9.17) is 0 Å². The van der Waals surface area contributed by atoms with Crippen LogP contribution in [0.15, 0.2) is 24.8 Å². The largest absolute Gasteiger partial charge is 0.300 e. The van der Waals surface area contributed by atoms with Gasteiger partial charge in [-0.25, -0.2) is 0 Å². The Labute approximate surface area is 158 Å². The monoisotopic (exact) mass is 348 g/mol. The molecule has 146 valence electrons. The Morgan fingerprint density at radius 3 is 1.68 bits per heavy atom. The molecule has 1 nitrogen and oxygen atoms in total. The molecule has 0 saturated heterocycles. The fraction of sp³-hybridized carbons (Fsp3) is 0.792. The van der Waals surface area contributed by atoms with Crippen molar-refractivity contribution in [3.05, 3.63) is 24.8 Å². The van der Waals surface area contributed by atoms with Gasteiger partial charge in [0, 0.05) is 12.8 Å². The molecule has 0 bridgehead atoms. The van der Waals surface area contributed by atoms with Crippen LogP contribution in [-0.4, -0.2) is 5.78 Å². The molecule has 0 aliphatic heterocycles. The number of hydrogen-bond acceptors (Lipinski definition) is 1. The second-order valence-electron chi connectivity index (χ2n) is 7.42. The van der Waals surface area contributed by atoms with Gasteiger partial charge in [-0.2, -0.15) is 0 Å². The third-order valence-electron chi connectivity index (χ3n) is 4.85. The van der Waals surface area contributed by atoms with Crippen molar-refractivity contribution < 1.29 is 4.79 Å². The standard InChI is InChI=1S/C24H44O/c1-3-5-7-9-11-12-13-14-15-17-19-21-23-24(25)22-20-18-16-10-8-6-4-2/h3,7,9H,1,4-6,8,10-23H2,2H3. The van der Waals surface area contributed by atoms with Gasteiger partial charge in [-0.3, -0.25) is 4.79 Å². The van der Waals surface area contributed by atoms with E-state index in [0.717, 1.165) is 32.1 Å². The van der Waals surface area contributed by atoms with Crippen LogP contribution in [0.4, 0.5) is 0 Å². The van der Waals surface area contributed by atoms with Crippen molar-refractivity contribution in [1.29, 1.82) is 0 Å². The van der Waals surface area contributed by atoms with Crippen LogP contribution in [0, 0.1) is 0 Å². The van der Waals surface area contributed by atoms with Gasteiger partial charge < -0.3 is 0 Å². The van der Waals surface area contributed by atoms with Crippen molar-refractivity contribution in [2.45, 2.75) is 122 Å². The summed E-state index contributed by atoms with van der Waals surface area (Å²) in [6, 6.07) is 0. The molecule has 1 heteroatoms. The molecule has 0 saturated carbocycles. The predicted molar refractivity (Wildman–Crippen MR) is 113 cm³/mol. The topological polar surface area (TPSA) is 17.1 Å². The third-order valence-corrected chi connectivity index (χ3v) is 4.85. The SMILES string of the molecule is C=CCC=CCCCCCCCCCC(=O)CCCCCCCCC. The lowest BCUT2D eigenvalue weighted by molar-refractivity contribution is -0.119. The molecule has 0 radical (unpaired) electrons. The Kier molecular flexibility index (Phi) is 20.5. The van der Waals surface area contributed by atoms with Crippen LogP contribution in [0.25, 0.3) is 0 Å². The van der Waals surface area contributed by atoms with Crippen LogP contribution in [0.5, 0.6) is 0 Å². The number of carbonyl (C=O) groups excluding carboxylic acids is 1. The van der Waals surface area contributed by atoms with Crippen molar-refractivity contribution in [2.24, 2.45) is 0 Å². The number of hydrogen-bond donors (Lipinski definition) is 0. The van der Waals surface area contributed by atoms with Crippen molar-refractivity contribution in [1.82, 2.24) is 0 Å². The van der Waals surface area contributed by atoms with Crippen molar-refractivity contribution >= 4 is 5.78 Å². The zero-order valence-corrected chi connectivity index (χ0v) is 17.1. The van der Waals surface area contributed by atoms with Gasteiger partial charge in [0.05, 0.1) is 0 Å². The van der Waals surface area contributed by atoms with E-state index in [1.54, 1.807) is 0 Å². The first-order chi connectivity index (χ1) is 12.3. The van der Waals surface area contributed by atoms with Crippen molar-refractivity contribution in [3.63, 3.8) is 0 Å². The predicted octanol–water partition coefficient (Wildman–Crippen LogP) is 8.34. The molecule has 0 aromatic heterocycles. The minimum absolute atomic E-state index is 0.500. The summed E-state index contributed by atoms with van der Waals surface area (Å²) in [5, 5.41) is 0. The third kappa shape index (κ3) is 21.1. The summed E-state index contributed by atoms with van der Waals surface area (Å²) in [6.45, 7) is 5.97. The van der Waals surface area contributed by atoms with Crippen molar-refractivity contribution in [2.75, 3.05) is 0 Å². The molecule has 0 fully saturated rings. The Morgan fingerprint density at radius 2 is 1.16 bits per heavy atom. The fourth-order valence-corrected chi connectivity index (χ4v) is 3.18. The molecule has 0 aromatic rings. The van der Waals surface area contributed by atoms with Gasteiger partial charge >= 0.3 is 0 Å². The Morgan fingerprint density at radius 1 is 0.680 bits per heavy atom. The van der Waals surface area contributed by atoms with Crippen molar-refractivity contribution in [3.8, 4) is 0 Å². The highest BCUT2D eigenvalue weighted by Gasteiger charge is 2.01. The highest BCUT2D eigenvalue weighted by atomic mass is 16.1. The Hall–Kier alpha value is -0.850. The summed E-state index contributed by atoms with van der Waals surface area (Å²) in [6.07, 6.45) is 28.4. The molecule has 0 N–H and O–H groups in total. The molecule has 0 rings (SSSR count). The van der Waals surface area contributed by atoms with Gasteiger partial charge in [0.15, 0.2) is 0 Å². The lowest BCUT2D eigenvalue weighted by Crippen LogP contribution is -1.97. The number of unbranched alkanes of at least 4 members (excludes halogenated alkanes) is 13. The number of rotatable bonds is 20. The summed E-state index contributed by atoms with van der Waals surface area (Å²) in [5.74, 6) is 0.500. The maximum absolute atomic E-state index is 11.8. The molecule has 0 atom stereocenters. The lowest BCUT2D eigenvalue weighted by Gasteiger charge is -2.03. The molecule has 25 heavy (non-hydrogen) atoms. The minimum atomic E-state index is 0.500. The molecule has 0 aliphatic rings. The molecular formula is C24H44O. The van der Waals surface area contributed by atoms with Crippen LogP contribution in [0.3, 0.4) is 0 Å². The van der Waals surface area contributed by atoms with E-state index in [1.807, 2.05) is 6.08 Å². The molecule has 0 spiro atoms. The Balaban J connectivity index is 3.18. The average Bonchev–Trinajstić information content (AvgIpc) is 2.62. The summed E-state index contributed by atoms with van der Waals surface area (Å²) >= 11 is 0. The highest BCUT2D eigenvalue weighted by molar-refractivity contribution is 5.78. The van der Waals surface area contributed by atoms with Gasteiger partial charge in [-0.05, 0) is 32.1 Å². The van der Waals surface area contributed by atoms with Gasteiger partial charge in [0.2, 0.25) is 0 Å². The molecule has 0 aliphatic carbocycles. The first-order valence-corrected chi connectivity index (χ1v) is 11.1. The maximum atomic E-state index is 11.8. The maximum Gasteiger partial charge on any atom is 0.132 e. The summed E-state index contributed by atoms with van der Waals surface area (Å²) < 4.78 is 0. The fourth-order valence-electron chi connectivity index (χ4n) is 3.18. The molecule has 0 aromatic carbocycles. The highest BCUT2D eigenvalue weighted by Crippen LogP contribution is 2.13. The first kappa shape index (κ1) is 24.1. The molecule has 0 amide bonds. The zero-order chi connectivity index (χ0) is 18.4. The number of allylic oxidation sites excluding steroid dienone is 3. The minimum Gasteiger partial charge on any atom is -0.300 e. The van der Waals surface area contributed by atoms with Gasteiger partial charge in [-0.1, -0.05) is 95.8 Å². The van der Waals surface area contributed by atoms with E-state index in [9.17, 15) is 4.79 Å². The smallest absolute Gasteiger partial charge is 0.132 e. The van der Waals surface area contributed by atoms with E-state index < -0.39 is 0 Å². The van der Waals surface area contributed by atoms with Crippen LogP contribution in [0.1, 0.15) is 122 Å². The molecular weight excluding hydrogens is 304 g/mol. The van der Waals surface area contributed by atoms with Crippen LogP contribution < -0.4 is 0 Å². The van der Waals surface area contributed by atoms with Crippen LogP contribution >= 0.6 is 0 Å². The summed E-state index contributed by atoms with van der Waals surface area (Å²) in [7, 11) is 0. The van der Waals surface area contributed by atoms with Crippen LogP contribution in [0.2, 0.25) is 0 Å².